The topological polar surface area (TPSA) is 94.3 Å². The predicted molar refractivity (Wildman–Crippen MR) is 131 cm³/mol. The number of carboxylic acid groups (broad SMARTS) is 1. The molecule has 1 saturated carbocycles. The van der Waals surface area contributed by atoms with Gasteiger partial charge in [0, 0.05) is 6.61 Å². The van der Waals surface area contributed by atoms with Crippen LogP contribution in [0.2, 0.25) is 0 Å². The number of aromatic nitrogens is 1. The summed E-state index contributed by atoms with van der Waals surface area (Å²) in [7, 11) is 0. The third-order valence-electron chi connectivity index (χ3n) is 8.31. The van der Waals surface area contributed by atoms with Crippen LogP contribution >= 0.6 is 0 Å². The zero-order chi connectivity index (χ0) is 24.3. The van der Waals surface area contributed by atoms with Crippen LogP contribution in [0.4, 0.5) is 0 Å². The first kappa shape index (κ1) is 24.4. The van der Waals surface area contributed by atoms with E-state index in [9.17, 15) is 9.90 Å². The molecular weight excluding hydrogens is 448 g/mol. The van der Waals surface area contributed by atoms with Gasteiger partial charge in [-0.3, -0.25) is 4.79 Å². The van der Waals surface area contributed by atoms with Crippen molar-refractivity contribution in [2.75, 3.05) is 39.5 Å². The molecule has 3 fully saturated rings. The molecule has 5 rings (SSSR count). The number of carbonyl (C=O) groups is 1. The smallest absolute Gasteiger partial charge is 0.309 e. The van der Waals surface area contributed by atoms with Gasteiger partial charge in [0.05, 0.1) is 24.7 Å². The van der Waals surface area contributed by atoms with Gasteiger partial charge >= 0.3 is 5.97 Å². The van der Waals surface area contributed by atoms with Crippen LogP contribution in [0.3, 0.4) is 0 Å². The first-order chi connectivity index (χ1) is 17.0. The third kappa shape index (κ3) is 5.59. The highest BCUT2D eigenvalue weighted by atomic mass is 16.5. The average Bonchev–Trinajstić information content (AvgIpc) is 3.25. The minimum atomic E-state index is -0.674. The van der Waals surface area contributed by atoms with Gasteiger partial charge in [-0.25, -0.2) is 0 Å². The molecule has 0 bridgehead atoms. The molecule has 2 aromatic rings. The molecule has 1 aromatic heterocycles. The van der Waals surface area contributed by atoms with Crippen molar-refractivity contribution in [2.45, 2.75) is 64.4 Å². The van der Waals surface area contributed by atoms with Crippen molar-refractivity contribution >= 4 is 16.9 Å². The highest BCUT2D eigenvalue weighted by Crippen LogP contribution is 2.38. The summed E-state index contributed by atoms with van der Waals surface area (Å²) >= 11 is 0. The fourth-order valence-electron chi connectivity index (χ4n) is 5.66. The quantitative estimate of drug-likeness (QED) is 0.514. The summed E-state index contributed by atoms with van der Waals surface area (Å²) in [6.07, 6.45) is 7.75. The molecule has 35 heavy (non-hydrogen) atoms. The summed E-state index contributed by atoms with van der Waals surface area (Å²) in [5.41, 5.74) is 0.0417. The van der Waals surface area contributed by atoms with Crippen molar-refractivity contribution in [1.29, 1.82) is 0 Å². The number of benzene rings is 1. The maximum absolute atomic E-state index is 12.0. The van der Waals surface area contributed by atoms with Crippen LogP contribution in [0.25, 0.3) is 11.0 Å². The number of nitrogens with zero attached hydrogens (tertiary/aromatic N) is 2. The molecule has 192 valence electrons. The molecule has 0 spiro atoms. The Kier molecular flexibility index (Phi) is 7.48. The summed E-state index contributed by atoms with van der Waals surface area (Å²) in [6.45, 7) is 6.59. The molecule has 2 atom stereocenters. The largest absolute Gasteiger partial charge is 0.492 e. The molecule has 8 nitrogen and oxygen atoms in total. The molecule has 1 aliphatic carbocycles. The first-order valence-electron chi connectivity index (χ1n) is 13.2. The number of fused-ring (bicyclic) bond motifs is 1. The Morgan fingerprint density at radius 1 is 1.17 bits per heavy atom. The molecule has 0 amide bonds. The SMILES string of the molecule is CC1CC(CCN2CCC(COc3noc4cccc(OCC5CCC5)c34)CC2)(C(=O)O)CCO1. The molecule has 1 aromatic carbocycles. The standard InChI is InChI=1S/C27H38N2O6/c1-19-16-27(26(30)31,11-15-32-19)10-14-29-12-8-21(9-13-29)18-34-25-24-22(33-17-20-4-2-5-20)6-3-7-23(24)35-28-25/h3,6-7,19-21H,2,4-5,8-18H2,1H3,(H,30,31). The first-order valence-corrected chi connectivity index (χ1v) is 13.2. The van der Waals surface area contributed by atoms with E-state index in [1.165, 1.54) is 19.3 Å². The number of aliphatic carboxylic acids is 1. The van der Waals surface area contributed by atoms with Crippen LogP contribution in [-0.2, 0) is 9.53 Å². The van der Waals surface area contributed by atoms with Crippen molar-refractivity contribution in [3.63, 3.8) is 0 Å². The number of rotatable bonds is 10. The summed E-state index contributed by atoms with van der Waals surface area (Å²) in [5.74, 6) is 1.73. The van der Waals surface area contributed by atoms with E-state index in [0.29, 0.717) is 55.8 Å². The van der Waals surface area contributed by atoms with Gasteiger partial charge in [-0.15, -0.1) is 0 Å². The fraction of sp³-hybridized carbons (Fsp3) is 0.704. The molecule has 1 N–H and O–H groups in total. The van der Waals surface area contributed by atoms with Gasteiger partial charge in [0.25, 0.3) is 5.88 Å². The molecule has 3 aliphatic rings. The summed E-state index contributed by atoms with van der Waals surface area (Å²) in [5, 5.41) is 14.9. The zero-order valence-corrected chi connectivity index (χ0v) is 20.7. The molecule has 8 heteroatoms. The van der Waals surface area contributed by atoms with E-state index in [-0.39, 0.29) is 6.10 Å². The minimum absolute atomic E-state index is 0.0134. The minimum Gasteiger partial charge on any atom is -0.492 e. The van der Waals surface area contributed by atoms with E-state index in [4.69, 9.17) is 18.7 Å². The number of ether oxygens (including phenoxy) is 3. The van der Waals surface area contributed by atoms with E-state index < -0.39 is 11.4 Å². The van der Waals surface area contributed by atoms with E-state index in [1.807, 2.05) is 25.1 Å². The van der Waals surface area contributed by atoms with Crippen molar-refractivity contribution in [1.82, 2.24) is 10.1 Å². The number of piperidine rings is 1. The molecule has 2 unspecified atom stereocenters. The second-order valence-electron chi connectivity index (χ2n) is 10.8. The van der Waals surface area contributed by atoms with Crippen molar-refractivity contribution in [2.24, 2.45) is 17.3 Å². The fourth-order valence-corrected chi connectivity index (χ4v) is 5.66. The Morgan fingerprint density at radius 3 is 2.66 bits per heavy atom. The van der Waals surface area contributed by atoms with Gasteiger partial charge in [-0.2, -0.15) is 0 Å². The molecule has 3 heterocycles. The Labute approximate surface area is 206 Å². The predicted octanol–water partition coefficient (Wildman–Crippen LogP) is 4.76. The van der Waals surface area contributed by atoms with Crippen LogP contribution in [0, 0.1) is 17.3 Å². The second-order valence-corrected chi connectivity index (χ2v) is 10.8. The van der Waals surface area contributed by atoms with Gasteiger partial charge in [-0.1, -0.05) is 12.5 Å². The maximum atomic E-state index is 12.0. The second kappa shape index (κ2) is 10.7. The highest BCUT2D eigenvalue weighted by Gasteiger charge is 2.42. The van der Waals surface area contributed by atoms with Crippen LogP contribution in [0.15, 0.2) is 22.7 Å². The Balaban J connectivity index is 1.11. The van der Waals surface area contributed by atoms with Crippen molar-refractivity contribution in [3.8, 4) is 11.6 Å². The zero-order valence-electron chi connectivity index (χ0n) is 20.7. The third-order valence-corrected chi connectivity index (χ3v) is 8.31. The Morgan fingerprint density at radius 2 is 1.94 bits per heavy atom. The molecule has 0 radical (unpaired) electrons. The van der Waals surface area contributed by atoms with Gasteiger partial charge in [0.2, 0.25) is 0 Å². The number of hydrogen-bond donors (Lipinski definition) is 1. The maximum Gasteiger partial charge on any atom is 0.309 e. The number of hydrogen-bond acceptors (Lipinski definition) is 7. The van der Waals surface area contributed by atoms with Crippen LogP contribution < -0.4 is 9.47 Å². The highest BCUT2D eigenvalue weighted by molar-refractivity contribution is 5.88. The lowest BCUT2D eigenvalue weighted by molar-refractivity contribution is -0.159. The van der Waals surface area contributed by atoms with E-state index in [2.05, 4.69) is 10.1 Å². The lowest BCUT2D eigenvalue weighted by Gasteiger charge is -2.39. The normalized spacial score (nSPS) is 26.5. The lowest BCUT2D eigenvalue weighted by atomic mass is 9.75. The van der Waals surface area contributed by atoms with E-state index >= 15 is 0 Å². The van der Waals surface area contributed by atoms with Gasteiger partial charge in [0.1, 0.15) is 11.1 Å². The summed E-state index contributed by atoms with van der Waals surface area (Å²) < 4.78 is 23.3. The number of likely N-dealkylation sites (tertiary alicyclic amines) is 1. The van der Waals surface area contributed by atoms with Crippen molar-refractivity contribution < 1.29 is 28.6 Å². The van der Waals surface area contributed by atoms with Gasteiger partial charge < -0.3 is 28.7 Å². The molecular formula is C27H38N2O6. The Hall–Kier alpha value is -2.32. The summed E-state index contributed by atoms with van der Waals surface area (Å²) in [4.78, 5) is 14.4. The van der Waals surface area contributed by atoms with Crippen LogP contribution in [0.5, 0.6) is 11.6 Å². The molecule has 2 aliphatic heterocycles. The number of carboxylic acids is 1. The van der Waals surface area contributed by atoms with Crippen LogP contribution in [-0.4, -0.2) is 66.7 Å². The van der Waals surface area contributed by atoms with Gasteiger partial charge in [0.15, 0.2) is 5.58 Å². The Bertz CT molecular complexity index is 997. The molecule has 2 saturated heterocycles. The lowest BCUT2D eigenvalue weighted by Crippen LogP contribution is -2.44. The van der Waals surface area contributed by atoms with Gasteiger partial charge in [-0.05, 0) is 101 Å². The van der Waals surface area contributed by atoms with Crippen LogP contribution in [0.1, 0.15) is 58.3 Å². The average molecular weight is 487 g/mol. The van der Waals surface area contributed by atoms with E-state index in [1.54, 1.807) is 0 Å². The van der Waals surface area contributed by atoms with Crippen molar-refractivity contribution in [3.05, 3.63) is 18.2 Å². The monoisotopic (exact) mass is 486 g/mol. The van der Waals surface area contributed by atoms with E-state index in [0.717, 1.165) is 50.2 Å². The summed E-state index contributed by atoms with van der Waals surface area (Å²) in [6, 6.07) is 5.79.